The molecule has 5 rings (SSSR count). The maximum atomic E-state index is 13.5. The van der Waals surface area contributed by atoms with E-state index >= 15 is 0 Å². The molecule has 5 aromatic rings. The Morgan fingerprint density at radius 3 is 2.60 bits per heavy atom. The fourth-order valence-corrected chi connectivity index (χ4v) is 6.72. The molecule has 0 saturated heterocycles. The van der Waals surface area contributed by atoms with E-state index in [2.05, 4.69) is 15.0 Å². The van der Waals surface area contributed by atoms with Crippen molar-refractivity contribution in [1.82, 2.24) is 9.69 Å². The number of sulfone groups is 1. The number of nitrogens with zero attached hydrogens (tertiary/aromatic N) is 1. The third kappa shape index (κ3) is 6.96. The van der Waals surface area contributed by atoms with E-state index in [1.807, 2.05) is 24.3 Å². The lowest BCUT2D eigenvalue weighted by atomic mass is 10.0. The van der Waals surface area contributed by atoms with Gasteiger partial charge in [-0.1, -0.05) is 47.5 Å². The number of halogens is 2. The molecule has 1 atom stereocenters. The number of amides is 1. The number of rotatable bonds is 10. The highest BCUT2D eigenvalue weighted by molar-refractivity contribution is 7.90. The van der Waals surface area contributed by atoms with Gasteiger partial charge in [0.25, 0.3) is 5.91 Å². The fraction of sp³-hybridized carbons (Fsp3) is 0.233. The monoisotopic (exact) mass is 659 g/mol. The van der Waals surface area contributed by atoms with E-state index < -0.39 is 33.9 Å². The van der Waals surface area contributed by atoms with Crippen LogP contribution in [0.5, 0.6) is 0 Å². The van der Waals surface area contributed by atoms with Crippen molar-refractivity contribution in [3.05, 3.63) is 87.6 Å². The van der Waals surface area contributed by atoms with Crippen molar-refractivity contribution in [2.75, 3.05) is 11.6 Å². The third-order valence-corrected chi connectivity index (χ3v) is 9.35. The molecule has 3 aromatic carbocycles. The van der Waals surface area contributed by atoms with E-state index in [1.165, 1.54) is 12.1 Å². The van der Waals surface area contributed by atoms with Crippen molar-refractivity contribution in [3.63, 3.8) is 0 Å². The van der Waals surface area contributed by atoms with Gasteiger partial charge in [0.2, 0.25) is 0 Å². The number of aromatic nitrogens is 1. The molecule has 2 heterocycles. The average Bonchev–Trinajstić information content (AvgIpc) is 3.57. The van der Waals surface area contributed by atoms with Crippen LogP contribution in [0.2, 0.25) is 10.0 Å². The van der Waals surface area contributed by atoms with Crippen molar-refractivity contribution >= 4 is 83.3 Å². The topological polar surface area (TPSA) is 128 Å². The van der Waals surface area contributed by atoms with Crippen LogP contribution in [0, 0.1) is 0 Å². The zero-order chi connectivity index (χ0) is 30.9. The second-order valence-electron chi connectivity index (χ2n) is 10.2. The normalized spacial score (nSPS) is 12.5. The molecule has 43 heavy (non-hydrogen) atoms. The van der Waals surface area contributed by atoms with Crippen molar-refractivity contribution in [2.45, 2.75) is 43.9 Å². The van der Waals surface area contributed by atoms with Crippen LogP contribution in [0.15, 0.2) is 70.2 Å². The lowest BCUT2D eigenvalue weighted by Gasteiger charge is -2.20. The minimum Gasteiger partial charge on any atom is -0.464 e. The Hall–Kier alpha value is -3.64. The van der Waals surface area contributed by atoms with Gasteiger partial charge < -0.3 is 19.8 Å². The predicted molar refractivity (Wildman–Crippen MR) is 169 cm³/mol. The number of anilines is 1. The summed E-state index contributed by atoms with van der Waals surface area (Å²) in [7, 11) is -3.48. The number of hydrogen-bond donors (Lipinski definition) is 2. The van der Waals surface area contributed by atoms with Gasteiger partial charge in [0, 0.05) is 30.0 Å². The zero-order valence-corrected chi connectivity index (χ0v) is 26.5. The molecule has 0 fully saturated rings. The third-order valence-electron chi connectivity index (χ3n) is 6.57. The van der Waals surface area contributed by atoms with Gasteiger partial charge in [0.15, 0.2) is 9.84 Å². The molecule has 0 radical (unpaired) electrons. The quantitative estimate of drug-likeness (QED) is 0.159. The SMILES string of the molecule is CC(C)OC(=O)C(Cc1cccc(S(C)(=O)=O)c1)NC(=O)c1c(Cl)cc2c(NCc3ccc4ccoc4c3)nsc2c1Cl. The molecule has 1 unspecified atom stereocenters. The van der Waals surface area contributed by atoms with Gasteiger partial charge in [-0.3, -0.25) is 4.79 Å². The Bertz CT molecular complexity index is 1950. The molecule has 0 aliphatic rings. The maximum absolute atomic E-state index is 13.5. The van der Waals surface area contributed by atoms with Crippen LogP contribution in [0.25, 0.3) is 21.1 Å². The van der Waals surface area contributed by atoms with Gasteiger partial charge in [-0.15, -0.1) is 0 Å². The first-order valence-corrected chi connectivity index (χ1v) is 16.6. The van der Waals surface area contributed by atoms with Crippen molar-refractivity contribution in [1.29, 1.82) is 0 Å². The van der Waals surface area contributed by atoms with Crippen LogP contribution in [-0.2, 0) is 32.3 Å². The number of ether oxygens (including phenoxy) is 1. The van der Waals surface area contributed by atoms with Gasteiger partial charge in [-0.05, 0) is 66.8 Å². The van der Waals surface area contributed by atoms with Gasteiger partial charge in [0.1, 0.15) is 17.4 Å². The summed E-state index contributed by atoms with van der Waals surface area (Å²) in [5, 5.41) is 7.79. The first-order chi connectivity index (χ1) is 20.4. The lowest BCUT2D eigenvalue weighted by molar-refractivity contribution is -0.149. The Kier molecular flexibility index (Phi) is 8.98. The number of carbonyl (C=O) groups is 2. The minimum atomic E-state index is -3.48. The maximum Gasteiger partial charge on any atom is 0.329 e. The summed E-state index contributed by atoms with van der Waals surface area (Å²) in [4.78, 5) is 26.6. The van der Waals surface area contributed by atoms with Crippen LogP contribution in [0.3, 0.4) is 0 Å². The predicted octanol–water partition coefficient (Wildman–Crippen LogP) is 6.66. The van der Waals surface area contributed by atoms with Gasteiger partial charge in [-0.2, -0.15) is 4.37 Å². The number of fused-ring (bicyclic) bond motifs is 2. The first-order valence-electron chi connectivity index (χ1n) is 13.2. The summed E-state index contributed by atoms with van der Waals surface area (Å²) < 4.78 is 40.0. The molecular formula is C30H27Cl2N3O6S2. The fourth-order valence-electron chi connectivity index (χ4n) is 4.51. The molecule has 13 heteroatoms. The molecule has 0 spiro atoms. The molecule has 224 valence electrons. The summed E-state index contributed by atoms with van der Waals surface area (Å²) in [6.07, 6.45) is 2.27. The van der Waals surface area contributed by atoms with E-state index in [1.54, 1.807) is 38.3 Å². The van der Waals surface area contributed by atoms with Crippen molar-refractivity contribution < 1.29 is 27.2 Å². The average molecular weight is 661 g/mol. The molecule has 0 aliphatic heterocycles. The highest BCUT2D eigenvalue weighted by Crippen LogP contribution is 2.39. The smallest absolute Gasteiger partial charge is 0.329 e. The number of furan rings is 1. The second-order valence-corrected chi connectivity index (χ2v) is 13.8. The van der Waals surface area contributed by atoms with Crippen LogP contribution in [-0.4, -0.2) is 43.1 Å². The van der Waals surface area contributed by atoms with E-state index in [4.69, 9.17) is 32.4 Å². The molecular weight excluding hydrogens is 633 g/mol. The van der Waals surface area contributed by atoms with Gasteiger partial charge in [-0.25, -0.2) is 13.2 Å². The molecule has 0 saturated carbocycles. The molecule has 2 aromatic heterocycles. The standard InChI is InChI=1S/C30H27Cl2N3O6S2/c1-16(2)41-30(37)23(12-17-5-4-6-20(11-17)43(3,38)39)34-29(36)25-22(31)14-21-27(26(25)32)42-35-28(21)33-15-18-7-8-19-9-10-40-24(19)13-18/h4-11,13-14,16,23H,12,15H2,1-3H3,(H,33,35)(H,34,36). The van der Waals surface area contributed by atoms with E-state index in [0.717, 1.165) is 34.3 Å². The largest absolute Gasteiger partial charge is 0.464 e. The molecule has 0 aliphatic carbocycles. The Morgan fingerprint density at radius 2 is 1.86 bits per heavy atom. The summed E-state index contributed by atoms with van der Waals surface area (Å²) in [6, 6.07) is 14.4. The van der Waals surface area contributed by atoms with Gasteiger partial charge in [0.05, 0.1) is 37.6 Å². The number of nitrogens with one attached hydrogen (secondary N) is 2. The number of esters is 1. The van der Waals surface area contributed by atoms with E-state index in [0.29, 0.717) is 28.0 Å². The summed E-state index contributed by atoms with van der Waals surface area (Å²) >= 11 is 14.4. The Labute approximate surface area is 262 Å². The highest BCUT2D eigenvalue weighted by Gasteiger charge is 2.28. The first kappa shape index (κ1) is 30.8. The number of benzene rings is 3. The number of hydrogen-bond acceptors (Lipinski definition) is 9. The second kappa shape index (κ2) is 12.5. The van der Waals surface area contributed by atoms with Gasteiger partial charge >= 0.3 is 5.97 Å². The van der Waals surface area contributed by atoms with Crippen molar-refractivity contribution in [2.24, 2.45) is 0 Å². The molecule has 0 bridgehead atoms. The number of carbonyl (C=O) groups excluding carboxylic acids is 2. The van der Waals surface area contributed by atoms with Crippen LogP contribution in [0.4, 0.5) is 5.82 Å². The summed E-state index contributed by atoms with van der Waals surface area (Å²) in [5.41, 5.74) is 2.27. The lowest BCUT2D eigenvalue weighted by Crippen LogP contribution is -2.44. The summed E-state index contributed by atoms with van der Waals surface area (Å²) in [6.45, 7) is 3.84. The Morgan fingerprint density at radius 1 is 1.07 bits per heavy atom. The summed E-state index contributed by atoms with van der Waals surface area (Å²) in [5.74, 6) is -0.811. The minimum absolute atomic E-state index is 0.0125. The van der Waals surface area contributed by atoms with Crippen LogP contribution >= 0.6 is 34.7 Å². The molecule has 1 amide bonds. The van der Waals surface area contributed by atoms with E-state index in [9.17, 15) is 18.0 Å². The van der Waals surface area contributed by atoms with Crippen LogP contribution < -0.4 is 10.6 Å². The zero-order valence-electron chi connectivity index (χ0n) is 23.3. The molecule has 9 nitrogen and oxygen atoms in total. The van der Waals surface area contributed by atoms with Crippen molar-refractivity contribution in [3.8, 4) is 0 Å². The van der Waals surface area contributed by atoms with E-state index in [-0.39, 0.29) is 26.9 Å². The molecule has 2 N–H and O–H groups in total. The Balaban J connectivity index is 1.39. The highest BCUT2D eigenvalue weighted by atomic mass is 35.5. The van der Waals surface area contributed by atoms with Crippen LogP contribution in [0.1, 0.15) is 35.3 Å².